The number of nitrogens with zero attached hydrogens (tertiary/aromatic N) is 1. The van der Waals surface area contributed by atoms with Crippen LogP contribution in [0.15, 0.2) is 18.2 Å². The van der Waals surface area contributed by atoms with Crippen molar-refractivity contribution in [2.45, 2.75) is 13.8 Å². The number of halogens is 1. The molecule has 0 spiro atoms. The van der Waals surface area contributed by atoms with E-state index in [-0.39, 0.29) is 11.5 Å². The number of methoxy groups -OCH3 is 1. The molecule has 1 aromatic rings. The molecular weight excluding hydrogens is 249 g/mol. The van der Waals surface area contributed by atoms with Gasteiger partial charge >= 0.3 is 0 Å². The number of rotatable bonds is 7. The van der Waals surface area contributed by atoms with E-state index in [1.807, 2.05) is 13.8 Å². The van der Waals surface area contributed by atoms with E-state index in [9.17, 15) is 9.18 Å². The smallest absolute Gasteiger partial charge is 0.256 e. The molecule has 4 nitrogen and oxygen atoms in total. The third-order valence-electron chi connectivity index (χ3n) is 2.79. The van der Waals surface area contributed by atoms with Crippen molar-refractivity contribution in [3.8, 4) is 5.75 Å². The number of hydrogen-bond donors (Lipinski definition) is 0. The second-order valence-corrected chi connectivity index (χ2v) is 3.93. The van der Waals surface area contributed by atoms with Gasteiger partial charge in [0.05, 0.1) is 19.3 Å². The van der Waals surface area contributed by atoms with Crippen LogP contribution in [0.1, 0.15) is 24.2 Å². The Morgan fingerprint density at radius 1 is 1.37 bits per heavy atom. The molecule has 0 radical (unpaired) electrons. The molecule has 0 heterocycles. The van der Waals surface area contributed by atoms with Crippen LogP contribution in [-0.4, -0.2) is 44.2 Å². The Bertz CT molecular complexity index is 423. The minimum absolute atomic E-state index is 0.0548. The molecule has 0 bridgehead atoms. The van der Waals surface area contributed by atoms with Gasteiger partial charge in [-0.3, -0.25) is 4.79 Å². The summed E-state index contributed by atoms with van der Waals surface area (Å²) in [5.74, 6) is -0.506. The Hall–Kier alpha value is -1.62. The van der Waals surface area contributed by atoms with Gasteiger partial charge < -0.3 is 14.4 Å². The molecule has 5 heteroatoms. The van der Waals surface area contributed by atoms with Gasteiger partial charge in [-0.2, -0.15) is 0 Å². The van der Waals surface area contributed by atoms with E-state index in [1.165, 1.54) is 19.2 Å². The average Bonchev–Trinajstić information content (AvgIpc) is 2.43. The highest BCUT2D eigenvalue weighted by atomic mass is 19.1. The van der Waals surface area contributed by atoms with Crippen molar-refractivity contribution in [2.24, 2.45) is 0 Å². The van der Waals surface area contributed by atoms with Gasteiger partial charge in [-0.25, -0.2) is 4.39 Å². The van der Waals surface area contributed by atoms with E-state index >= 15 is 0 Å². The van der Waals surface area contributed by atoms with Gasteiger partial charge in [0, 0.05) is 25.8 Å². The van der Waals surface area contributed by atoms with Crippen LogP contribution < -0.4 is 4.74 Å². The number of amides is 1. The topological polar surface area (TPSA) is 38.8 Å². The lowest BCUT2D eigenvalue weighted by Crippen LogP contribution is -2.34. The molecule has 1 aromatic carbocycles. The maximum atomic E-state index is 13.8. The first-order valence-corrected chi connectivity index (χ1v) is 6.34. The van der Waals surface area contributed by atoms with Crippen molar-refractivity contribution >= 4 is 5.91 Å². The normalized spacial score (nSPS) is 10.3. The molecular formula is C14H20FNO3. The largest absolute Gasteiger partial charge is 0.497 e. The first kappa shape index (κ1) is 15.4. The van der Waals surface area contributed by atoms with E-state index in [0.717, 1.165) is 0 Å². The van der Waals surface area contributed by atoms with Gasteiger partial charge in [-0.1, -0.05) is 0 Å². The van der Waals surface area contributed by atoms with Crippen LogP contribution in [0.2, 0.25) is 0 Å². The number of carbonyl (C=O) groups excluding carboxylic acids is 1. The SMILES string of the molecule is CCOCCN(CC)C(=O)c1ccc(OC)cc1F. The molecule has 106 valence electrons. The summed E-state index contributed by atoms with van der Waals surface area (Å²) in [5, 5.41) is 0. The molecule has 0 aliphatic carbocycles. The second-order valence-electron chi connectivity index (χ2n) is 3.93. The quantitative estimate of drug-likeness (QED) is 0.713. The zero-order valence-corrected chi connectivity index (χ0v) is 11.6. The van der Waals surface area contributed by atoms with Gasteiger partial charge in [0.25, 0.3) is 5.91 Å². The van der Waals surface area contributed by atoms with E-state index in [1.54, 1.807) is 11.0 Å². The van der Waals surface area contributed by atoms with Crippen LogP contribution in [-0.2, 0) is 4.74 Å². The van der Waals surface area contributed by atoms with Crippen molar-refractivity contribution in [1.29, 1.82) is 0 Å². The van der Waals surface area contributed by atoms with Gasteiger partial charge in [0.1, 0.15) is 11.6 Å². The summed E-state index contributed by atoms with van der Waals surface area (Å²) in [6.07, 6.45) is 0. The van der Waals surface area contributed by atoms with Crippen molar-refractivity contribution in [3.05, 3.63) is 29.6 Å². The molecule has 0 atom stereocenters. The van der Waals surface area contributed by atoms with Crippen molar-refractivity contribution in [2.75, 3.05) is 33.4 Å². The van der Waals surface area contributed by atoms with Gasteiger partial charge in [-0.15, -0.1) is 0 Å². The third-order valence-corrected chi connectivity index (χ3v) is 2.79. The summed E-state index contributed by atoms with van der Waals surface area (Å²) in [6.45, 7) is 5.76. The Balaban J connectivity index is 2.79. The Morgan fingerprint density at radius 2 is 2.11 bits per heavy atom. The monoisotopic (exact) mass is 269 g/mol. The van der Waals surface area contributed by atoms with E-state index < -0.39 is 5.82 Å². The average molecular weight is 269 g/mol. The predicted octanol–water partition coefficient (Wildman–Crippen LogP) is 2.33. The molecule has 0 unspecified atom stereocenters. The maximum Gasteiger partial charge on any atom is 0.256 e. The highest BCUT2D eigenvalue weighted by Crippen LogP contribution is 2.17. The Morgan fingerprint density at radius 3 is 2.63 bits per heavy atom. The first-order chi connectivity index (χ1) is 9.13. The third kappa shape index (κ3) is 4.21. The van der Waals surface area contributed by atoms with E-state index in [0.29, 0.717) is 32.1 Å². The standard InChI is InChI=1S/C14H20FNO3/c1-4-16(8-9-19-5-2)14(17)12-7-6-11(18-3)10-13(12)15/h6-7,10H,4-5,8-9H2,1-3H3. The Labute approximate surface area is 113 Å². The summed E-state index contributed by atoms with van der Waals surface area (Å²) >= 11 is 0. The Kier molecular flexibility index (Phi) is 6.29. The molecule has 0 aromatic heterocycles. The lowest BCUT2D eigenvalue weighted by molar-refractivity contribution is 0.0665. The molecule has 0 aliphatic heterocycles. The minimum Gasteiger partial charge on any atom is -0.497 e. The molecule has 19 heavy (non-hydrogen) atoms. The van der Waals surface area contributed by atoms with Crippen molar-refractivity contribution in [1.82, 2.24) is 4.90 Å². The molecule has 1 amide bonds. The number of carbonyl (C=O) groups is 1. The van der Waals surface area contributed by atoms with E-state index in [4.69, 9.17) is 9.47 Å². The lowest BCUT2D eigenvalue weighted by Gasteiger charge is -2.21. The molecule has 0 N–H and O–H groups in total. The number of hydrogen-bond acceptors (Lipinski definition) is 3. The number of benzene rings is 1. The van der Waals surface area contributed by atoms with Crippen LogP contribution in [0.3, 0.4) is 0 Å². The first-order valence-electron chi connectivity index (χ1n) is 6.34. The second kappa shape index (κ2) is 7.74. The van der Waals surface area contributed by atoms with Crippen LogP contribution in [0, 0.1) is 5.82 Å². The van der Waals surface area contributed by atoms with Gasteiger partial charge in [0.2, 0.25) is 0 Å². The zero-order valence-electron chi connectivity index (χ0n) is 11.6. The van der Waals surface area contributed by atoms with Crippen LogP contribution in [0.4, 0.5) is 4.39 Å². The van der Waals surface area contributed by atoms with Gasteiger partial charge in [-0.05, 0) is 26.0 Å². The predicted molar refractivity (Wildman–Crippen MR) is 71.0 cm³/mol. The van der Waals surface area contributed by atoms with E-state index in [2.05, 4.69) is 0 Å². The molecule has 0 aliphatic rings. The van der Waals surface area contributed by atoms with Crippen LogP contribution in [0.5, 0.6) is 5.75 Å². The molecule has 1 rings (SSSR count). The molecule has 0 fully saturated rings. The summed E-state index contributed by atoms with van der Waals surface area (Å²) in [4.78, 5) is 13.7. The number of likely N-dealkylation sites (N-methyl/N-ethyl adjacent to an activating group) is 1. The molecule has 0 saturated carbocycles. The summed E-state index contributed by atoms with van der Waals surface area (Å²) in [5.41, 5.74) is 0.0548. The lowest BCUT2D eigenvalue weighted by atomic mass is 10.1. The fourth-order valence-electron chi connectivity index (χ4n) is 1.69. The fraction of sp³-hybridized carbons (Fsp3) is 0.500. The minimum atomic E-state index is -0.570. The van der Waals surface area contributed by atoms with Gasteiger partial charge in [0.15, 0.2) is 0 Å². The van der Waals surface area contributed by atoms with Crippen LogP contribution in [0.25, 0.3) is 0 Å². The summed E-state index contributed by atoms with van der Waals surface area (Å²) in [7, 11) is 1.46. The zero-order chi connectivity index (χ0) is 14.3. The highest BCUT2D eigenvalue weighted by Gasteiger charge is 2.18. The van der Waals surface area contributed by atoms with Crippen LogP contribution >= 0.6 is 0 Å². The number of ether oxygens (including phenoxy) is 2. The van der Waals surface area contributed by atoms with Crippen molar-refractivity contribution in [3.63, 3.8) is 0 Å². The maximum absolute atomic E-state index is 13.8. The molecule has 0 saturated heterocycles. The summed E-state index contributed by atoms with van der Waals surface area (Å²) < 4.78 is 23.9. The highest BCUT2D eigenvalue weighted by molar-refractivity contribution is 5.94. The summed E-state index contributed by atoms with van der Waals surface area (Å²) in [6, 6.07) is 4.23. The van der Waals surface area contributed by atoms with Crippen molar-refractivity contribution < 1.29 is 18.7 Å². The fourth-order valence-corrected chi connectivity index (χ4v) is 1.69.